The van der Waals surface area contributed by atoms with Crippen molar-refractivity contribution in [2.45, 2.75) is 30.7 Å². The van der Waals surface area contributed by atoms with Crippen molar-refractivity contribution in [3.8, 4) is 5.75 Å². The maximum Gasteiger partial charge on any atom is 0.293 e. The first-order valence-corrected chi connectivity index (χ1v) is 12.4. The molecule has 1 heterocycles. The van der Waals surface area contributed by atoms with E-state index in [1.807, 2.05) is 31.2 Å². The fourth-order valence-corrected chi connectivity index (χ4v) is 5.72. The molecule has 34 heavy (non-hydrogen) atoms. The first kappa shape index (κ1) is 25.4. The van der Waals surface area contributed by atoms with E-state index >= 15 is 0 Å². The van der Waals surface area contributed by atoms with Crippen molar-refractivity contribution in [1.29, 1.82) is 0 Å². The van der Waals surface area contributed by atoms with E-state index in [0.29, 0.717) is 18.6 Å². The molecule has 0 saturated carbocycles. The van der Waals surface area contributed by atoms with E-state index in [0.717, 1.165) is 11.6 Å². The van der Waals surface area contributed by atoms with Gasteiger partial charge < -0.3 is 15.0 Å². The molecule has 11 heteroatoms. The van der Waals surface area contributed by atoms with Gasteiger partial charge in [0.05, 0.1) is 23.0 Å². The van der Waals surface area contributed by atoms with E-state index in [4.69, 9.17) is 4.74 Å². The van der Waals surface area contributed by atoms with Gasteiger partial charge in [0.2, 0.25) is 15.9 Å². The highest BCUT2D eigenvalue weighted by Gasteiger charge is 2.35. The Morgan fingerprint density at radius 2 is 1.88 bits per heavy atom. The van der Waals surface area contributed by atoms with Crippen LogP contribution in [0.25, 0.3) is 0 Å². The highest BCUT2D eigenvalue weighted by Crippen LogP contribution is 2.33. The van der Waals surface area contributed by atoms with Gasteiger partial charge >= 0.3 is 0 Å². The number of hydrogen-bond acceptors (Lipinski definition) is 7. The standard InChI is InChI=1S/C23H30N4O6S/c1-16(19-7-5-6-8-22(19)33-4)25(3)23(28)17-11-13-26(14-12-17)34(31,32)18-9-10-20(24-2)21(15-18)27(29)30/h5-10,15-17,24H,11-14H2,1-4H3. The number of nitrogens with one attached hydrogen (secondary N) is 1. The average Bonchev–Trinajstić information content (AvgIpc) is 2.86. The van der Waals surface area contributed by atoms with Gasteiger partial charge in [-0.2, -0.15) is 4.31 Å². The second kappa shape index (κ2) is 10.4. The molecular formula is C23H30N4O6S. The van der Waals surface area contributed by atoms with Crippen LogP contribution in [0.4, 0.5) is 11.4 Å². The lowest BCUT2D eigenvalue weighted by atomic mass is 9.95. The Morgan fingerprint density at radius 1 is 1.24 bits per heavy atom. The van der Waals surface area contributed by atoms with Gasteiger partial charge in [0, 0.05) is 44.7 Å². The number of rotatable bonds is 8. The monoisotopic (exact) mass is 490 g/mol. The Balaban J connectivity index is 1.70. The number of nitro groups is 1. The summed E-state index contributed by atoms with van der Waals surface area (Å²) in [7, 11) is 0.940. The number of hydrogen-bond donors (Lipinski definition) is 1. The minimum Gasteiger partial charge on any atom is -0.496 e. The summed E-state index contributed by atoms with van der Waals surface area (Å²) >= 11 is 0. The summed E-state index contributed by atoms with van der Waals surface area (Å²) in [5, 5.41) is 14.0. The SMILES string of the molecule is CNc1ccc(S(=O)(=O)N2CCC(C(=O)N(C)C(C)c3ccccc3OC)CC2)cc1[N+](=O)[O-]. The molecule has 1 unspecified atom stereocenters. The molecule has 0 aromatic heterocycles. The molecule has 0 spiro atoms. The molecule has 2 aromatic carbocycles. The predicted molar refractivity (Wildman–Crippen MR) is 128 cm³/mol. The first-order chi connectivity index (χ1) is 16.1. The molecule has 1 aliphatic heterocycles. The number of amides is 1. The lowest BCUT2D eigenvalue weighted by Crippen LogP contribution is -2.44. The fourth-order valence-electron chi connectivity index (χ4n) is 4.23. The van der Waals surface area contributed by atoms with Crippen molar-refractivity contribution in [1.82, 2.24) is 9.21 Å². The van der Waals surface area contributed by atoms with Crippen LogP contribution >= 0.6 is 0 Å². The molecule has 1 fully saturated rings. The molecule has 2 aromatic rings. The third-order valence-corrected chi connectivity index (χ3v) is 8.29. The molecule has 0 bridgehead atoms. The number of ether oxygens (including phenoxy) is 1. The third-order valence-electron chi connectivity index (χ3n) is 6.39. The minimum atomic E-state index is -3.92. The van der Waals surface area contributed by atoms with Crippen LogP contribution in [0.3, 0.4) is 0 Å². The summed E-state index contributed by atoms with van der Waals surface area (Å²) in [6.07, 6.45) is 0.746. The second-order valence-corrected chi connectivity index (χ2v) is 10.2. The van der Waals surface area contributed by atoms with Crippen molar-refractivity contribution in [2.75, 3.05) is 39.6 Å². The van der Waals surface area contributed by atoms with Gasteiger partial charge in [-0.3, -0.25) is 14.9 Å². The van der Waals surface area contributed by atoms with E-state index < -0.39 is 14.9 Å². The van der Waals surface area contributed by atoms with Gasteiger partial charge in [0.15, 0.2) is 0 Å². The first-order valence-electron chi connectivity index (χ1n) is 11.0. The van der Waals surface area contributed by atoms with Crippen LogP contribution in [0.1, 0.15) is 31.4 Å². The molecule has 1 N–H and O–H groups in total. The highest BCUT2D eigenvalue weighted by atomic mass is 32.2. The van der Waals surface area contributed by atoms with Gasteiger partial charge in [0.25, 0.3) is 5.69 Å². The van der Waals surface area contributed by atoms with E-state index in [1.54, 1.807) is 19.1 Å². The zero-order valence-corrected chi connectivity index (χ0v) is 20.5. The smallest absolute Gasteiger partial charge is 0.293 e. The predicted octanol–water partition coefficient (Wildman–Crippen LogP) is 3.27. The van der Waals surface area contributed by atoms with E-state index in [2.05, 4.69) is 5.32 Å². The number of piperidine rings is 1. The van der Waals surface area contributed by atoms with Crippen molar-refractivity contribution < 1.29 is 22.9 Å². The van der Waals surface area contributed by atoms with E-state index in [9.17, 15) is 23.3 Å². The van der Waals surface area contributed by atoms with E-state index in [-0.39, 0.29) is 47.2 Å². The van der Waals surface area contributed by atoms with Gasteiger partial charge in [-0.15, -0.1) is 0 Å². The highest BCUT2D eigenvalue weighted by molar-refractivity contribution is 7.89. The van der Waals surface area contributed by atoms with Gasteiger partial charge in [-0.1, -0.05) is 18.2 Å². The molecule has 3 rings (SSSR count). The molecule has 10 nitrogen and oxygen atoms in total. The quantitative estimate of drug-likeness (QED) is 0.445. The van der Waals surface area contributed by atoms with Crippen LogP contribution in [-0.2, 0) is 14.8 Å². The van der Waals surface area contributed by atoms with Gasteiger partial charge in [-0.25, -0.2) is 8.42 Å². The normalized spacial score (nSPS) is 16.0. The molecule has 1 atom stereocenters. The Kier molecular flexibility index (Phi) is 7.78. The molecule has 184 valence electrons. The van der Waals surface area contributed by atoms with Crippen LogP contribution in [0.5, 0.6) is 5.75 Å². The summed E-state index contributed by atoms with van der Waals surface area (Å²) in [6.45, 7) is 2.26. The van der Waals surface area contributed by atoms with Crippen molar-refractivity contribution >= 4 is 27.3 Å². The zero-order valence-electron chi connectivity index (χ0n) is 19.7. The number of carbonyl (C=O) groups is 1. The van der Waals surface area contributed by atoms with Crippen LogP contribution in [0.2, 0.25) is 0 Å². The third kappa shape index (κ3) is 5.00. The number of carbonyl (C=O) groups excluding carboxylic acids is 1. The number of methoxy groups -OCH3 is 1. The molecule has 1 saturated heterocycles. The topological polar surface area (TPSA) is 122 Å². The van der Waals surface area contributed by atoms with Crippen LogP contribution in [-0.4, -0.2) is 62.7 Å². The van der Waals surface area contributed by atoms with Crippen LogP contribution < -0.4 is 10.1 Å². The number of benzene rings is 2. The number of nitrogens with zero attached hydrogens (tertiary/aromatic N) is 3. The minimum absolute atomic E-state index is 0.0514. The lowest BCUT2D eigenvalue weighted by molar-refractivity contribution is -0.384. The Morgan fingerprint density at radius 3 is 2.47 bits per heavy atom. The molecule has 0 radical (unpaired) electrons. The summed E-state index contributed by atoms with van der Waals surface area (Å²) in [5.41, 5.74) is 0.827. The largest absolute Gasteiger partial charge is 0.496 e. The molecule has 0 aliphatic carbocycles. The summed E-state index contributed by atoms with van der Waals surface area (Å²) < 4.78 is 32.9. The second-order valence-electron chi connectivity index (χ2n) is 8.23. The average molecular weight is 491 g/mol. The Labute approximate surface area is 199 Å². The number of sulfonamides is 1. The van der Waals surface area contributed by atoms with Crippen molar-refractivity contribution in [3.05, 3.63) is 58.1 Å². The van der Waals surface area contributed by atoms with Crippen molar-refractivity contribution in [3.63, 3.8) is 0 Å². The maximum atomic E-state index is 13.2. The Bertz CT molecular complexity index is 1160. The van der Waals surface area contributed by atoms with Crippen molar-refractivity contribution in [2.24, 2.45) is 5.92 Å². The van der Waals surface area contributed by atoms with Gasteiger partial charge in [-0.05, 0) is 38.0 Å². The lowest BCUT2D eigenvalue weighted by Gasteiger charge is -2.34. The number of nitro benzene ring substituents is 1. The number of para-hydroxylation sites is 1. The molecular weight excluding hydrogens is 460 g/mol. The van der Waals surface area contributed by atoms with Crippen LogP contribution in [0, 0.1) is 16.0 Å². The molecule has 1 aliphatic rings. The summed E-state index contributed by atoms with van der Waals surface area (Å²) in [5.74, 6) is 0.341. The molecule has 1 amide bonds. The number of anilines is 1. The van der Waals surface area contributed by atoms with Crippen LogP contribution in [0.15, 0.2) is 47.4 Å². The fraction of sp³-hybridized carbons (Fsp3) is 0.435. The summed E-state index contributed by atoms with van der Waals surface area (Å²) in [4.78, 5) is 25.4. The summed E-state index contributed by atoms with van der Waals surface area (Å²) in [6, 6.07) is 11.1. The van der Waals surface area contributed by atoms with E-state index in [1.165, 1.54) is 23.5 Å². The Hall–Kier alpha value is -3.18. The van der Waals surface area contributed by atoms with Gasteiger partial charge in [0.1, 0.15) is 11.4 Å². The maximum absolute atomic E-state index is 13.2. The zero-order chi connectivity index (χ0) is 25.0.